The van der Waals surface area contributed by atoms with E-state index in [4.69, 9.17) is 0 Å². The summed E-state index contributed by atoms with van der Waals surface area (Å²) in [7, 11) is 0. The second-order valence-corrected chi connectivity index (χ2v) is 3.91. The Labute approximate surface area is 105 Å². The quantitative estimate of drug-likeness (QED) is 0.853. The van der Waals surface area contributed by atoms with Crippen molar-refractivity contribution < 1.29 is 13.2 Å². The lowest BCUT2D eigenvalue weighted by atomic mass is 10.2. The molecule has 0 amide bonds. The Kier molecular flexibility index (Phi) is 5.40. The number of anilines is 1. The van der Waals surface area contributed by atoms with Crippen molar-refractivity contribution in [1.29, 1.82) is 0 Å². The molecule has 18 heavy (non-hydrogen) atoms. The van der Waals surface area contributed by atoms with E-state index >= 15 is 0 Å². The van der Waals surface area contributed by atoms with Crippen LogP contribution in [0.3, 0.4) is 0 Å². The largest absolute Gasteiger partial charge is 0.405 e. The first-order valence-electron chi connectivity index (χ1n) is 5.93. The molecule has 0 aliphatic rings. The van der Waals surface area contributed by atoms with E-state index in [1.54, 1.807) is 19.2 Å². The van der Waals surface area contributed by atoms with Crippen molar-refractivity contribution in [3.63, 3.8) is 0 Å². The molecule has 0 bridgehead atoms. The topological polar surface area (TPSA) is 28.2 Å². The average molecular weight is 261 g/mol. The number of pyridine rings is 1. The summed E-state index contributed by atoms with van der Waals surface area (Å²) >= 11 is 0. The number of rotatable bonds is 6. The van der Waals surface area contributed by atoms with Gasteiger partial charge >= 0.3 is 6.18 Å². The van der Waals surface area contributed by atoms with E-state index in [2.05, 4.69) is 10.3 Å². The zero-order valence-corrected chi connectivity index (χ0v) is 10.6. The molecule has 0 unspecified atom stereocenters. The summed E-state index contributed by atoms with van der Waals surface area (Å²) in [6, 6.07) is 1.63. The molecule has 102 valence electrons. The van der Waals surface area contributed by atoms with E-state index < -0.39 is 12.7 Å². The number of nitrogens with zero attached hydrogens (tertiary/aromatic N) is 2. The first-order chi connectivity index (χ1) is 8.48. The van der Waals surface area contributed by atoms with Gasteiger partial charge in [-0.2, -0.15) is 13.2 Å². The molecule has 0 fully saturated rings. The van der Waals surface area contributed by atoms with Gasteiger partial charge in [0.15, 0.2) is 0 Å². The molecule has 1 aromatic rings. The highest BCUT2D eigenvalue weighted by Crippen LogP contribution is 2.24. The van der Waals surface area contributed by atoms with Gasteiger partial charge in [0.05, 0.1) is 0 Å². The summed E-state index contributed by atoms with van der Waals surface area (Å²) in [5.41, 5.74) is 1.37. The molecule has 0 saturated heterocycles. The van der Waals surface area contributed by atoms with Crippen LogP contribution >= 0.6 is 0 Å². The van der Waals surface area contributed by atoms with Crippen LogP contribution in [0.5, 0.6) is 0 Å². The van der Waals surface area contributed by atoms with E-state index in [0.29, 0.717) is 18.8 Å². The van der Waals surface area contributed by atoms with Crippen LogP contribution in [-0.2, 0) is 6.54 Å². The van der Waals surface area contributed by atoms with Gasteiger partial charge in [-0.25, -0.2) is 0 Å². The van der Waals surface area contributed by atoms with E-state index in [-0.39, 0.29) is 0 Å². The number of aromatic nitrogens is 1. The number of hydrogen-bond donors (Lipinski definition) is 1. The summed E-state index contributed by atoms with van der Waals surface area (Å²) in [4.78, 5) is 5.28. The molecule has 0 radical (unpaired) electrons. The Morgan fingerprint density at radius 2 is 2.06 bits per heavy atom. The summed E-state index contributed by atoms with van der Waals surface area (Å²) in [6.07, 6.45) is -1.07. The van der Waals surface area contributed by atoms with Crippen LogP contribution in [-0.4, -0.2) is 30.8 Å². The number of nitrogens with one attached hydrogen (secondary N) is 1. The van der Waals surface area contributed by atoms with E-state index in [1.807, 2.05) is 6.92 Å². The van der Waals surface area contributed by atoms with Crippen molar-refractivity contribution in [1.82, 2.24) is 10.3 Å². The summed E-state index contributed by atoms with van der Waals surface area (Å²) in [5, 5.41) is 3.10. The van der Waals surface area contributed by atoms with Gasteiger partial charge in [0.1, 0.15) is 6.54 Å². The van der Waals surface area contributed by atoms with Crippen molar-refractivity contribution >= 4 is 5.69 Å². The Morgan fingerprint density at radius 1 is 1.33 bits per heavy atom. The van der Waals surface area contributed by atoms with Gasteiger partial charge in [-0.15, -0.1) is 0 Å². The smallest absolute Gasteiger partial charge is 0.363 e. The summed E-state index contributed by atoms with van der Waals surface area (Å²) in [6.45, 7) is 4.32. The first kappa shape index (κ1) is 14.8. The Hall–Kier alpha value is -1.30. The predicted molar refractivity (Wildman–Crippen MR) is 65.6 cm³/mol. The third kappa shape index (κ3) is 4.52. The molecule has 0 atom stereocenters. The van der Waals surface area contributed by atoms with Crippen molar-refractivity contribution in [3.05, 3.63) is 24.0 Å². The number of hydrogen-bond acceptors (Lipinski definition) is 3. The maximum Gasteiger partial charge on any atom is 0.405 e. The Morgan fingerprint density at radius 3 is 2.61 bits per heavy atom. The third-order valence-corrected chi connectivity index (χ3v) is 2.54. The predicted octanol–water partition coefficient (Wildman–Crippen LogP) is 2.58. The highest BCUT2D eigenvalue weighted by molar-refractivity contribution is 5.52. The summed E-state index contributed by atoms with van der Waals surface area (Å²) < 4.78 is 37.5. The molecule has 3 nitrogen and oxygen atoms in total. The maximum absolute atomic E-state index is 12.5. The standard InChI is InChI=1S/C12H18F3N3/c1-3-16-7-10-8-17-6-5-11(10)18(4-2)9-12(13,14)15/h5-6,8,16H,3-4,7,9H2,1-2H3. The molecule has 0 saturated carbocycles. The third-order valence-electron chi connectivity index (χ3n) is 2.54. The van der Waals surface area contributed by atoms with E-state index in [0.717, 1.165) is 12.1 Å². The molecule has 1 rings (SSSR count). The van der Waals surface area contributed by atoms with Gasteiger partial charge in [0.2, 0.25) is 0 Å². The average Bonchev–Trinajstić information content (AvgIpc) is 2.33. The molecular formula is C12H18F3N3. The normalized spacial score (nSPS) is 11.6. The molecule has 0 aromatic carbocycles. The summed E-state index contributed by atoms with van der Waals surface area (Å²) in [5.74, 6) is 0. The molecule has 0 aliphatic carbocycles. The minimum atomic E-state index is -4.20. The van der Waals surface area contributed by atoms with Crippen LogP contribution in [0.25, 0.3) is 0 Å². The van der Waals surface area contributed by atoms with Crippen LogP contribution in [0.15, 0.2) is 18.5 Å². The Balaban J connectivity index is 2.90. The lowest BCUT2D eigenvalue weighted by molar-refractivity contribution is -0.119. The molecule has 1 heterocycles. The van der Waals surface area contributed by atoms with Gasteiger partial charge in [-0.05, 0) is 19.5 Å². The van der Waals surface area contributed by atoms with Gasteiger partial charge < -0.3 is 10.2 Å². The zero-order chi connectivity index (χ0) is 13.6. The molecule has 6 heteroatoms. The van der Waals surface area contributed by atoms with Crippen molar-refractivity contribution in [2.24, 2.45) is 0 Å². The second-order valence-electron chi connectivity index (χ2n) is 3.91. The van der Waals surface area contributed by atoms with Crippen LogP contribution in [0.2, 0.25) is 0 Å². The fourth-order valence-electron chi connectivity index (χ4n) is 1.71. The monoisotopic (exact) mass is 261 g/mol. The van der Waals surface area contributed by atoms with Crippen molar-refractivity contribution in [2.45, 2.75) is 26.6 Å². The van der Waals surface area contributed by atoms with Gasteiger partial charge in [0.25, 0.3) is 0 Å². The van der Waals surface area contributed by atoms with Crippen LogP contribution < -0.4 is 10.2 Å². The number of alkyl halides is 3. The fraction of sp³-hybridized carbons (Fsp3) is 0.583. The number of halogens is 3. The SMILES string of the molecule is CCNCc1cnccc1N(CC)CC(F)(F)F. The zero-order valence-electron chi connectivity index (χ0n) is 10.6. The van der Waals surface area contributed by atoms with Crippen molar-refractivity contribution in [2.75, 3.05) is 24.5 Å². The fourth-order valence-corrected chi connectivity index (χ4v) is 1.71. The molecule has 0 spiro atoms. The second kappa shape index (κ2) is 6.58. The van der Waals surface area contributed by atoms with Gasteiger partial charge in [0, 0.05) is 36.7 Å². The van der Waals surface area contributed by atoms with E-state index in [1.165, 1.54) is 11.1 Å². The Bertz CT molecular complexity index is 366. The van der Waals surface area contributed by atoms with E-state index in [9.17, 15) is 13.2 Å². The van der Waals surface area contributed by atoms with Crippen LogP contribution in [0.1, 0.15) is 19.4 Å². The molecule has 0 aliphatic heterocycles. The lowest BCUT2D eigenvalue weighted by Gasteiger charge is -2.26. The molecular weight excluding hydrogens is 243 g/mol. The first-order valence-corrected chi connectivity index (χ1v) is 5.93. The van der Waals surface area contributed by atoms with Gasteiger partial charge in [-0.1, -0.05) is 6.92 Å². The van der Waals surface area contributed by atoms with Crippen molar-refractivity contribution in [3.8, 4) is 0 Å². The van der Waals surface area contributed by atoms with Crippen LogP contribution in [0.4, 0.5) is 18.9 Å². The van der Waals surface area contributed by atoms with Gasteiger partial charge in [-0.3, -0.25) is 4.98 Å². The molecule has 1 N–H and O–H groups in total. The highest BCUT2D eigenvalue weighted by Gasteiger charge is 2.30. The lowest BCUT2D eigenvalue weighted by Crippen LogP contribution is -2.35. The molecule has 1 aromatic heterocycles. The van der Waals surface area contributed by atoms with Crippen LogP contribution in [0, 0.1) is 0 Å². The highest BCUT2D eigenvalue weighted by atomic mass is 19.4. The minimum Gasteiger partial charge on any atom is -0.363 e. The maximum atomic E-state index is 12.5. The minimum absolute atomic E-state index is 0.308.